The van der Waals surface area contributed by atoms with Crippen molar-refractivity contribution < 1.29 is 4.74 Å². The van der Waals surface area contributed by atoms with E-state index in [2.05, 4.69) is 48.2 Å². The Bertz CT molecular complexity index is 579. The molecule has 0 saturated carbocycles. The molecule has 0 aromatic heterocycles. The van der Waals surface area contributed by atoms with Gasteiger partial charge in [-0.2, -0.15) is 0 Å². The summed E-state index contributed by atoms with van der Waals surface area (Å²) in [7, 11) is 0. The second kappa shape index (κ2) is 6.00. The van der Waals surface area contributed by atoms with Crippen molar-refractivity contribution in [2.24, 2.45) is 0 Å². The fraction of sp³-hybridized carbons (Fsp3) is 0.333. The van der Waals surface area contributed by atoms with E-state index in [-0.39, 0.29) is 0 Å². The molecule has 3 rings (SSSR count). The predicted molar refractivity (Wildman–Crippen MR) is 83.7 cm³/mol. The molecule has 0 N–H and O–H groups in total. The number of anilines is 1. The van der Waals surface area contributed by atoms with Crippen molar-refractivity contribution in [1.29, 1.82) is 0 Å². The molecule has 2 nitrogen and oxygen atoms in total. The van der Waals surface area contributed by atoms with Crippen LogP contribution in [0.1, 0.15) is 17.5 Å². The lowest BCUT2D eigenvalue weighted by Gasteiger charge is -2.31. The summed E-state index contributed by atoms with van der Waals surface area (Å²) in [5.74, 6) is 0.968. The first kappa shape index (κ1) is 13.0. The summed E-state index contributed by atoms with van der Waals surface area (Å²) in [4.78, 5) is 2.44. The molecule has 20 heavy (non-hydrogen) atoms. The minimum atomic E-state index is 0.734. The molecule has 1 heterocycles. The van der Waals surface area contributed by atoms with Gasteiger partial charge in [-0.05, 0) is 49.1 Å². The SMILES string of the molecule is Cc1cccc(OCCN2CCCc3ccccc32)c1. The molecule has 0 spiro atoms. The number of hydrogen-bond acceptors (Lipinski definition) is 2. The van der Waals surface area contributed by atoms with E-state index in [1.54, 1.807) is 0 Å². The molecule has 0 atom stereocenters. The zero-order valence-corrected chi connectivity index (χ0v) is 12.0. The van der Waals surface area contributed by atoms with Gasteiger partial charge in [0.05, 0.1) is 6.54 Å². The van der Waals surface area contributed by atoms with Crippen LogP contribution in [0.2, 0.25) is 0 Å². The molecule has 2 aromatic rings. The fourth-order valence-electron chi connectivity index (χ4n) is 2.82. The largest absolute Gasteiger partial charge is 0.492 e. The van der Waals surface area contributed by atoms with Gasteiger partial charge >= 0.3 is 0 Å². The molecule has 0 unspecified atom stereocenters. The standard InChI is InChI=1S/C18H21NO/c1-15-6-4-9-17(14-15)20-13-12-19-11-5-8-16-7-2-3-10-18(16)19/h2-4,6-7,9-10,14H,5,8,11-13H2,1H3. The maximum atomic E-state index is 5.86. The van der Waals surface area contributed by atoms with Crippen LogP contribution in [0.5, 0.6) is 5.75 Å². The normalized spacial score (nSPS) is 13.9. The van der Waals surface area contributed by atoms with E-state index < -0.39 is 0 Å². The first-order valence-corrected chi connectivity index (χ1v) is 7.35. The highest BCUT2D eigenvalue weighted by Crippen LogP contribution is 2.26. The first-order valence-electron chi connectivity index (χ1n) is 7.35. The Hall–Kier alpha value is -1.96. The van der Waals surface area contributed by atoms with E-state index >= 15 is 0 Å². The molecule has 104 valence electrons. The second-order valence-corrected chi connectivity index (χ2v) is 5.38. The molecule has 1 aliphatic rings. The van der Waals surface area contributed by atoms with Crippen LogP contribution in [0, 0.1) is 6.92 Å². The van der Waals surface area contributed by atoms with Gasteiger partial charge < -0.3 is 9.64 Å². The Balaban J connectivity index is 1.60. The molecule has 0 amide bonds. The summed E-state index contributed by atoms with van der Waals surface area (Å²) in [5.41, 5.74) is 4.09. The number of rotatable bonds is 4. The van der Waals surface area contributed by atoms with Gasteiger partial charge in [0.2, 0.25) is 0 Å². The summed E-state index contributed by atoms with van der Waals surface area (Å²) in [6.45, 7) is 4.91. The van der Waals surface area contributed by atoms with Crippen LogP contribution >= 0.6 is 0 Å². The number of hydrogen-bond donors (Lipinski definition) is 0. The third-order valence-electron chi connectivity index (χ3n) is 3.83. The molecule has 0 saturated heterocycles. The van der Waals surface area contributed by atoms with Gasteiger partial charge in [0.15, 0.2) is 0 Å². The molecule has 0 fully saturated rings. The fourth-order valence-corrected chi connectivity index (χ4v) is 2.82. The summed E-state index contributed by atoms with van der Waals surface area (Å²) in [6.07, 6.45) is 2.44. The van der Waals surface area contributed by atoms with Crippen molar-refractivity contribution in [1.82, 2.24) is 0 Å². The summed E-state index contributed by atoms with van der Waals surface area (Å²) < 4.78 is 5.86. The van der Waals surface area contributed by atoms with Crippen molar-refractivity contribution in [3.63, 3.8) is 0 Å². The molecule has 0 bridgehead atoms. The Morgan fingerprint density at radius 3 is 2.90 bits per heavy atom. The first-order chi connectivity index (χ1) is 9.83. The van der Waals surface area contributed by atoms with E-state index in [9.17, 15) is 0 Å². The average molecular weight is 267 g/mol. The third kappa shape index (κ3) is 2.96. The Kier molecular flexibility index (Phi) is 3.91. The second-order valence-electron chi connectivity index (χ2n) is 5.38. The van der Waals surface area contributed by atoms with Crippen LogP contribution in [0.15, 0.2) is 48.5 Å². The Morgan fingerprint density at radius 2 is 2.00 bits per heavy atom. The predicted octanol–water partition coefficient (Wildman–Crippen LogP) is 3.83. The van der Waals surface area contributed by atoms with E-state index in [1.807, 2.05) is 12.1 Å². The van der Waals surface area contributed by atoms with Crippen LogP contribution < -0.4 is 9.64 Å². The quantitative estimate of drug-likeness (QED) is 0.835. The molecule has 2 heteroatoms. The van der Waals surface area contributed by atoms with Gasteiger partial charge in [-0.15, -0.1) is 0 Å². The van der Waals surface area contributed by atoms with Gasteiger partial charge in [-0.3, -0.25) is 0 Å². The lowest BCUT2D eigenvalue weighted by Crippen LogP contribution is -2.33. The van der Waals surface area contributed by atoms with Crippen LogP contribution in [0.25, 0.3) is 0 Å². The number of para-hydroxylation sites is 1. The highest BCUT2D eigenvalue weighted by molar-refractivity contribution is 5.55. The minimum Gasteiger partial charge on any atom is -0.492 e. The van der Waals surface area contributed by atoms with E-state index in [0.29, 0.717) is 0 Å². The van der Waals surface area contributed by atoms with Gasteiger partial charge in [-0.25, -0.2) is 0 Å². The number of benzene rings is 2. The zero-order valence-electron chi connectivity index (χ0n) is 12.0. The summed E-state index contributed by atoms with van der Waals surface area (Å²) >= 11 is 0. The Morgan fingerprint density at radius 1 is 1.10 bits per heavy atom. The van der Waals surface area contributed by atoms with Crippen LogP contribution in [0.4, 0.5) is 5.69 Å². The highest BCUT2D eigenvalue weighted by atomic mass is 16.5. The maximum absolute atomic E-state index is 5.86. The molecule has 2 aromatic carbocycles. The van der Waals surface area contributed by atoms with Crippen LogP contribution in [-0.2, 0) is 6.42 Å². The van der Waals surface area contributed by atoms with Crippen molar-refractivity contribution in [2.45, 2.75) is 19.8 Å². The van der Waals surface area contributed by atoms with E-state index in [4.69, 9.17) is 4.74 Å². The topological polar surface area (TPSA) is 12.5 Å². The molecule has 0 aliphatic carbocycles. The highest BCUT2D eigenvalue weighted by Gasteiger charge is 2.15. The summed E-state index contributed by atoms with van der Waals surface area (Å²) in [6, 6.07) is 17.0. The van der Waals surface area contributed by atoms with Crippen LogP contribution in [-0.4, -0.2) is 19.7 Å². The number of ether oxygens (including phenoxy) is 1. The van der Waals surface area contributed by atoms with Gasteiger partial charge in [0, 0.05) is 12.2 Å². The Labute approximate surface area is 121 Å². The van der Waals surface area contributed by atoms with E-state index in [1.165, 1.54) is 29.7 Å². The lowest BCUT2D eigenvalue weighted by molar-refractivity contribution is 0.322. The maximum Gasteiger partial charge on any atom is 0.119 e. The number of nitrogens with zero attached hydrogens (tertiary/aromatic N) is 1. The zero-order chi connectivity index (χ0) is 13.8. The molecular formula is C18H21NO. The van der Waals surface area contributed by atoms with Gasteiger partial charge in [-0.1, -0.05) is 30.3 Å². The van der Waals surface area contributed by atoms with Gasteiger partial charge in [0.25, 0.3) is 0 Å². The van der Waals surface area contributed by atoms with Crippen molar-refractivity contribution in [2.75, 3.05) is 24.6 Å². The molecule has 0 radical (unpaired) electrons. The van der Waals surface area contributed by atoms with Crippen molar-refractivity contribution in [3.05, 3.63) is 59.7 Å². The lowest BCUT2D eigenvalue weighted by atomic mass is 10.0. The number of aryl methyl sites for hydroxylation is 2. The number of fused-ring (bicyclic) bond motifs is 1. The third-order valence-corrected chi connectivity index (χ3v) is 3.83. The molecule has 1 aliphatic heterocycles. The molecular weight excluding hydrogens is 246 g/mol. The monoisotopic (exact) mass is 267 g/mol. The van der Waals surface area contributed by atoms with E-state index in [0.717, 1.165) is 25.4 Å². The van der Waals surface area contributed by atoms with Gasteiger partial charge in [0.1, 0.15) is 12.4 Å². The van der Waals surface area contributed by atoms with Crippen LogP contribution in [0.3, 0.4) is 0 Å². The van der Waals surface area contributed by atoms with Crippen molar-refractivity contribution in [3.8, 4) is 5.75 Å². The average Bonchev–Trinajstić information content (AvgIpc) is 2.48. The summed E-state index contributed by atoms with van der Waals surface area (Å²) in [5, 5.41) is 0. The minimum absolute atomic E-state index is 0.734. The smallest absolute Gasteiger partial charge is 0.119 e. The van der Waals surface area contributed by atoms with Crippen molar-refractivity contribution >= 4 is 5.69 Å².